The number of pyridine rings is 1. The minimum absolute atomic E-state index is 0.0316. The van der Waals surface area contributed by atoms with Crippen molar-refractivity contribution in [1.29, 1.82) is 0 Å². The predicted octanol–water partition coefficient (Wildman–Crippen LogP) is 4.71. The highest BCUT2D eigenvalue weighted by Gasteiger charge is 2.07. The molecule has 0 N–H and O–H groups in total. The molecule has 3 aromatic rings. The van der Waals surface area contributed by atoms with Crippen molar-refractivity contribution in [2.45, 2.75) is 0 Å². The number of hydrogen-bond donors (Lipinski definition) is 0. The van der Waals surface area contributed by atoms with Crippen molar-refractivity contribution in [2.24, 2.45) is 0 Å². The van der Waals surface area contributed by atoms with Gasteiger partial charge in [0.05, 0.1) is 4.88 Å². The largest absolute Gasteiger partial charge is 0.288 e. The zero-order chi connectivity index (χ0) is 14.5. The number of allylic oxidation sites excluding steroid dienone is 1. The summed E-state index contributed by atoms with van der Waals surface area (Å²) in [6.07, 6.45) is 6.98. The van der Waals surface area contributed by atoms with Gasteiger partial charge in [0, 0.05) is 17.3 Å². The van der Waals surface area contributed by atoms with Gasteiger partial charge in [-0.1, -0.05) is 36.4 Å². The van der Waals surface area contributed by atoms with E-state index in [0.717, 1.165) is 20.9 Å². The second-order valence-corrected chi connectivity index (χ2v) is 5.59. The molecule has 0 atom stereocenters. The fourth-order valence-electron chi connectivity index (χ4n) is 1.96. The maximum absolute atomic E-state index is 12.2. The molecule has 0 bridgehead atoms. The Kier molecular flexibility index (Phi) is 4.03. The normalized spacial score (nSPS) is 10.9. The van der Waals surface area contributed by atoms with Gasteiger partial charge in [0.1, 0.15) is 0 Å². The number of rotatable bonds is 4. The molecule has 0 spiro atoms. The van der Waals surface area contributed by atoms with Crippen LogP contribution in [0.15, 0.2) is 73.1 Å². The van der Waals surface area contributed by atoms with Gasteiger partial charge in [-0.15, -0.1) is 11.3 Å². The Hall–Kier alpha value is -2.52. The highest BCUT2D eigenvalue weighted by Crippen LogP contribution is 2.28. The SMILES string of the molecule is O=C(/C=C/c1ccccc1)c1ccc(-c2ccncc2)s1. The third-order valence-electron chi connectivity index (χ3n) is 3.04. The molecule has 2 heterocycles. The molecule has 0 aliphatic rings. The lowest BCUT2D eigenvalue weighted by atomic mass is 10.2. The van der Waals surface area contributed by atoms with Crippen molar-refractivity contribution in [3.63, 3.8) is 0 Å². The van der Waals surface area contributed by atoms with E-state index in [2.05, 4.69) is 4.98 Å². The summed E-state index contributed by atoms with van der Waals surface area (Å²) in [4.78, 5) is 18.0. The van der Waals surface area contributed by atoms with Crippen LogP contribution in [-0.4, -0.2) is 10.8 Å². The zero-order valence-electron chi connectivity index (χ0n) is 11.3. The molecule has 0 saturated carbocycles. The fraction of sp³-hybridized carbons (Fsp3) is 0. The zero-order valence-corrected chi connectivity index (χ0v) is 12.1. The average molecular weight is 291 g/mol. The molecule has 0 radical (unpaired) electrons. The van der Waals surface area contributed by atoms with Crippen molar-refractivity contribution in [2.75, 3.05) is 0 Å². The number of ketones is 1. The summed E-state index contributed by atoms with van der Waals surface area (Å²) in [6, 6.07) is 17.6. The quantitative estimate of drug-likeness (QED) is 0.515. The second kappa shape index (κ2) is 6.29. The maximum atomic E-state index is 12.2. The van der Waals surface area contributed by atoms with E-state index in [1.165, 1.54) is 11.3 Å². The van der Waals surface area contributed by atoms with Crippen molar-refractivity contribution in [3.05, 3.63) is 83.5 Å². The van der Waals surface area contributed by atoms with Crippen LogP contribution in [0.2, 0.25) is 0 Å². The molecule has 0 aliphatic carbocycles. The van der Waals surface area contributed by atoms with E-state index in [4.69, 9.17) is 0 Å². The van der Waals surface area contributed by atoms with Gasteiger partial charge >= 0.3 is 0 Å². The van der Waals surface area contributed by atoms with Gasteiger partial charge < -0.3 is 0 Å². The number of thiophene rings is 1. The Balaban J connectivity index is 1.77. The lowest BCUT2D eigenvalue weighted by Gasteiger charge is -1.94. The van der Waals surface area contributed by atoms with Crippen LogP contribution in [0.4, 0.5) is 0 Å². The number of hydrogen-bond acceptors (Lipinski definition) is 3. The van der Waals surface area contributed by atoms with E-state index in [1.807, 2.05) is 60.7 Å². The summed E-state index contributed by atoms with van der Waals surface area (Å²) in [5, 5.41) is 0. The van der Waals surface area contributed by atoms with Crippen LogP contribution < -0.4 is 0 Å². The minimum atomic E-state index is 0.0316. The molecule has 102 valence electrons. The fourth-order valence-corrected chi connectivity index (χ4v) is 2.89. The van der Waals surface area contributed by atoms with Crippen LogP contribution in [0.3, 0.4) is 0 Å². The van der Waals surface area contributed by atoms with E-state index in [0.29, 0.717) is 0 Å². The van der Waals surface area contributed by atoms with Gasteiger partial charge in [0.15, 0.2) is 5.78 Å². The average Bonchev–Trinajstić information content (AvgIpc) is 3.04. The third kappa shape index (κ3) is 3.33. The molecule has 1 aromatic carbocycles. The molecule has 0 unspecified atom stereocenters. The number of benzene rings is 1. The lowest BCUT2D eigenvalue weighted by molar-refractivity contribution is 0.105. The maximum Gasteiger partial charge on any atom is 0.195 e. The van der Waals surface area contributed by atoms with E-state index in [9.17, 15) is 4.79 Å². The van der Waals surface area contributed by atoms with Crippen LogP contribution in [-0.2, 0) is 0 Å². The van der Waals surface area contributed by atoms with Crippen molar-refractivity contribution in [3.8, 4) is 10.4 Å². The predicted molar refractivity (Wildman–Crippen MR) is 87.4 cm³/mol. The first-order valence-corrected chi connectivity index (χ1v) is 7.42. The van der Waals surface area contributed by atoms with E-state index in [-0.39, 0.29) is 5.78 Å². The topological polar surface area (TPSA) is 30.0 Å². The van der Waals surface area contributed by atoms with Crippen LogP contribution in [0, 0.1) is 0 Å². The summed E-state index contributed by atoms with van der Waals surface area (Å²) in [6.45, 7) is 0. The van der Waals surface area contributed by atoms with E-state index < -0.39 is 0 Å². The van der Waals surface area contributed by atoms with Gasteiger partial charge in [-0.3, -0.25) is 9.78 Å². The first-order valence-electron chi connectivity index (χ1n) is 6.60. The Morgan fingerprint density at radius 2 is 1.71 bits per heavy atom. The Morgan fingerprint density at radius 3 is 2.48 bits per heavy atom. The number of carbonyl (C=O) groups excluding carboxylic acids is 1. The van der Waals surface area contributed by atoms with Crippen molar-refractivity contribution < 1.29 is 4.79 Å². The van der Waals surface area contributed by atoms with Gasteiger partial charge in [-0.05, 0) is 41.5 Å². The van der Waals surface area contributed by atoms with Crippen LogP contribution in [0.1, 0.15) is 15.2 Å². The molecule has 0 amide bonds. The van der Waals surface area contributed by atoms with Crippen LogP contribution in [0.25, 0.3) is 16.5 Å². The summed E-state index contributed by atoms with van der Waals surface area (Å²) in [5.74, 6) is 0.0316. The summed E-state index contributed by atoms with van der Waals surface area (Å²) >= 11 is 1.50. The van der Waals surface area contributed by atoms with Crippen molar-refractivity contribution >= 4 is 23.2 Å². The van der Waals surface area contributed by atoms with Crippen LogP contribution in [0.5, 0.6) is 0 Å². The Morgan fingerprint density at radius 1 is 0.952 bits per heavy atom. The molecule has 21 heavy (non-hydrogen) atoms. The molecule has 2 nitrogen and oxygen atoms in total. The summed E-state index contributed by atoms with van der Waals surface area (Å²) in [7, 11) is 0. The smallest absolute Gasteiger partial charge is 0.195 e. The molecule has 0 aliphatic heterocycles. The molecule has 0 fully saturated rings. The lowest BCUT2D eigenvalue weighted by Crippen LogP contribution is -1.88. The molecule has 3 heteroatoms. The number of aromatic nitrogens is 1. The Bertz CT molecular complexity index is 760. The van der Waals surface area contributed by atoms with Gasteiger partial charge in [-0.25, -0.2) is 0 Å². The summed E-state index contributed by atoms with van der Waals surface area (Å²) in [5.41, 5.74) is 2.11. The molecule has 0 saturated heterocycles. The Labute approximate surface area is 127 Å². The van der Waals surface area contributed by atoms with Gasteiger partial charge in [0.25, 0.3) is 0 Å². The molecule has 2 aromatic heterocycles. The van der Waals surface area contributed by atoms with E-state index in [1.54, 1.807) is 18.5 Å². The monoisotopic (exact) mass is 291 g/mol. The minimum Gasteiger partial charge on any atom is -0.288 e. The molecular formula is C18H13NOS. The number of nitrogens with zero attached hydrogens (tertiary/aromatic N) is 1. The standard InChI is InChI=1S/C18H13NOS/c20-16(7-6-14-4-2-1-3-5-14)18-9-8-17(21-18)15-10-12-19-13-11-15/h1-13H/b7-6+. The first-order chi connectivity index (χ1) is 10.3. The molecule has 3 rings (SSSR count). The number of carbonyl (C=O) groups is 1. The molecular weight excluding hydrogens is 278 g/mol. The van der Waals surface area contributed by atoms with E-state index >= 15 is 0 Å². The second-order valence-electron chi connectivity index (χ2n) is 4.51. The van der Waals surface area contributed by atoms with Gasteiger partial charge in [-0.2, -0.15) is 0 Å². The summed E-state index contributed by atoms with van der Waals surface area (Å²) < 4.78 is 0. The van der Waals surface area contributed by atoms with Crippen LogP contribution >= 0.6 is 11.3 Å². The third-order valence-corrected chi connectivity index (χ3v) is 4.19. The van der Waals surface area contributed by atoms with Crippen molar-refractivity contribution in [1.82, 2.24) is 4.98 Å². The highest BCUT2D eigenvalue weighted by molar-refractivity contribution is 7.17. The van der Waals surface area contributed by atoms with Gasteiger partial charge in [0.2, 0.25) is 0 Å². The highest BCUT2D eigenvalue weighted by atomic mass is 32.1. The first kappa shape index (κ1) is 13.5.